The van der Waals surface area contributed by atoms with Gasteiger partial charge in [-0.2, -0.15) is 5.10 Å². The van der Waals surface area contributed by atoms with E-state index in [9.17, 15) is 9.59 Å². The number of fused-ring (bicyclic) bond motifs is 2. The molecule has 2 N–H and O–H groups in total. The molecule has 2 aromatic heterocycles. The van der Waals surface area contributed by atoms with Gasteiger partial charge in [-0.15, -0.1) is 0 Å². The Hall–Kier alpha value is -3.16. The summed E-state index contributed by atoms with van der Waals surface area (Å²) in [5, 5.41) is 10.3. The average Bonchev–Trinajstić information content (AvgIpc) is 3.28. The highest BCUT2D eigenvalue weighted by molar-refractivity contribution is 5.97. The number of nitrogens with zero attached hydrogens (tertiary/aromatic N) is 4. The molecule has 1 aliphatic heterocycles. The molecule has 29 heavy (non-hydrogen) atoms. The normalized spacial score (nSPS) is 16.1. The fourth-order valence-electron chi connectivity index (χ4n) is 3.82. The molecular weight excluding hydrogens is 368 g/mol. The van der Waals surface area contributed by atoms with Gasteiger partial charge in [-0.05, 0) is 50.8 Å². The number of imidazole rings is 1. The number of nitrogens with one attached hydrogen (secondary N) is 2. The van der Waals surface area contributed by atoms with Crippen molar-refractivity contribution < 1.29 is 9.59 Å². The summed E-state index contributed by atoms with van der Waals surface area (Å²) in [4.78, 5) is 29.3. The van der Waals surface area contributed by atoms with Gasteiger partial charge in [0, 0.05) is 31.7 Å². The minimum absolute atomic E-state index is 0.0770. The van der Waals surface area contributed by atoms with Crippen LogP contribution in [0.15, 0.2) is 30.7 Å². The van der Waals surface area contributed by atoms with Crippen LogP contribution >= 0.6 is 0 Å². The zero-order chi connectivity index (χ0) is 20.5. The molecule has 1 unspecified atom stereocenters. The first kappa shape index (κ1) is 19.2. The Morgan fingerprint density at radius 1 is 1.28 bits per heavy atom. The number of aryl methyl sites for hydroxylation is 2. The van der Waals surface area contributed by atoms with E-state index >= 15 is 0 Å². The monoisotopic (exact) mass is 394 g/mol. The number of hydrogen-bond acceptors (Lipinski definition) is 4. The maximum atomic E-state index is 12.6. The highest BCUT2D eigenvalue weighted by Crippen LogP contribution is 2.23. The zero-order valence-corrected chi connectivity index (χ0v) is 17.0. The van der Waals surface area contributed by atoms with Crippen molar-refractivity contribution in [3.05, 3.63) is 47.5 Å². The van der Waals surface area contributed by atoms with E-state index in [1.54, 1.807) is 12.5 Å². The third-order valence-electron chi connectivity index (χ3n) is 5.38. The Bertz CT molecular complexity index is 1060. The third-order valence-corrected chi connectivity index (χ3v) is 5.38. The zero-order valence-electron chi connectivity index (χ0n) is 17.0. The molecule has 0 saturated heterocycles. The Labute approximate surface area is 169 Å². The van der Waals surface area contributed by atoms with Crippen molar-refractivity contribution in [3.8, 4) is 0 Å². The summed E-state index contributed by atoms with van der Waals surface area (Å²) in [5.41, 5.74) is 3.99. The van der Waals surface area contributed by atoms with Gasteiger partial charge in [-0.3, -0.25) is 14.3 Å². The molecule has 4 rings (SSSR count). The van der Waals surface area contributed by atoms with Gasteiger partial charge in [0.2, 0.25) is 0 Å². The molecule has 0 fully saturated rings. The largest absolute Gasteiger partial charge is 0.352 e. The van der Waals surface area contributed by atoms with Gasteiger partial charge < -0.3 is 15.2 Å². The molecular formula is C21H26N6O2. The van der Waals surface area contributed by atoms with Crippen molar-refractivity contribution in [1.82, 2.24) is 30.0 Å². The van der Waals surface area contributed by atoms with E-state index in [-0.39, 0.29) is 23.8 Å². The molecule has 1 aliphatic rings. The Kier molecular flexibility index (Phi) is 5.08. The molecule has 3 aromatic rings. The summed E-state index contributed by atoms with van der Waals surface area (Å²) in [6.07, 6.45) is 5.03. The topological polar surface area (TPSA) is 93.8 Å². The van der Waals surface area contributed by atoms with Crippen molar-refractivity contribution in [2.45, 2.75) is 39.3 Å². The Morgan fingerprint density at radius 3 is 2.90 bits per heavy atom. The quantitative estimate of drug-likeness (QED) is 0.691. The van der Waals surface area contributed by atoms with Crippen LogP contribution in [0.2, 0.25) is 0 Å². The third kappa shape index (κ3) is 3.87. The summed E-state index contributed by atoms with van der Waals surface area (Å²) in [7, 11) is 1.93. The van der Waals surface area contributed by atoms with E-state index in [1.807, 2.05) is 48.3 Å². The van der Waals surface area contributed by atoms with Crippen LogP contribution in [0, 0.1) is 5.92 Å². The number of hydrogen-bond donors (Lipinski definition) is 2. The molecule has 1 atom stereocenters. The van der Waals surface area contributed by atoms with Crippen molar-refractivity contribution in [3.63, 3.8) is 0 Å². The molecule has 0 saturated carbocycles. The number of carbonyl (C=O) groups is 2. The predicted molar refractivity (Wildman–Crippen MR) is 110 cm³/mol. The van der Waals surface area contributed by atoms with Crippen LogP contribution in [0.4, 0.5) is 0 Å². The van der Waals surface area contributed by atoms with Gasteiger partial charge in [-0.1, -0.05) is 0 Å². The summed E-state index contributed by atoms with van der Waals surface area (Å²) < 4.78 is 3.83. The van der Waals surface area contributed by atoms with Crippen LogP contribution in [0.5, 0.6) is 0 Å². The van der Waals surface area contributed by atoms with Crippen molar-refractivity contribution >= 4 is 22.8 Å². The molecule has 3 heterocycles. The summed E-state index contributed by atoms with van der Waals surface area (Å²) in [6, 6.07) is 5.63. The molecule has 8 heteroatoms. The number of amides is 2. The van der Waals surface area contributed by atoms with E-state index in [0.29, 0.717) is 17.7 Å². The van der Waals surface area contributed by atoms with Crippen LogP contribution in [-0.2, 0) is 20.0 Å². The van der Waals surface area contributed by atoms with E-state index in [0.717, 1.165) is 36.1 Å². The molecule has 1 aromatic carbocycles. The minimum Gasteiger partial charge on any atom is -0.352 e. The van der Waals surface area contributed by atoms with Gasteiger partial charge in [0.25, 0.3) is 11.8 Å². The van der Waals surface area contributed by atoms with Gasteiger partial charge in [0.15, 0.2) is 0 Å². The minimum atomic E-state index is -0.102. The van der Waals surface area contributed by atoms with Crippen molar-refractivity contribution in [1.29, 1.82) is 0 Å². The molecule has 0 spiro atoms. The number of carbonyl (C=O) groups excluding carboxylic acids is 2. The number of aromatic nitrogens is 4. The second-order valence-electron chi connectivity index (χ2n) is 7.98. The van der Waals surface area contributed by atoms with E-state index in [2.05, 4.69) is 20.7 Å². The first-order valence-electron chi connectivity index (χ1n) is 9.97. The molecule has 2 amide bonds. The Morgan fingerprint density at radius 2 is 2.10 bits per heavy atom. The Balaban J connectivity index is 1.40. The first-order chi connectivity index (χ1) is 13.9. The second-order valence-corrected chi connectivity index (χ2v) is 7.98. The highest BCUT2D eigenvalue weighted by Gasteiger charge is 2.26. The molecule has 152 valence electrons. The lowest BCUT2D eigenvalue weighted by Gasteiger charge is -2.24. The van der Waals surface area contributed by atoms with Crippen molar-refractivity contribution in [2.75, 3.05) is 6.54 Å². The van der Waals surface area contributed by atoms with Crippen molar-refractivity contribution in [2.24, 2.45) is 13.0 Å². The molecule has 8 nitrogen and oxygen atoms in total. The lowest BCUT2D eigenvalue weighted by molar-refractivity contribution is 0.0930. The van der Waals surface area contributed by atoms with Crippen LogP contribution in [0.1, 0.15) is 46.7 Å². The van der Waals surface area contributed by atoms with Gasteiger partial charge >= 0.3 is 0 Å². The number of rotatable bonds is 5. The first-order valence-corrected chi connectivity index (χ1v) is 9.97. The smallest absolute Gasteiger partial charge is 0.254 e. The standard InChI is InChI=1S/C21H26N6O2/c1-13(2)25-21(29)16-11-24-27-7-6-14(8-19(16)27)10-22-20(28)15-4-5-18-17(9-15)23-12-26(18)3/h4-5,9,11-14H,6-8,10H2,1-3H3,(H,22,28)(H,25,29). The summed E-state index contributed by atoms with van der Waals surface area (Å²) in [5.74, 6) is 0.0799. The van der Waals surface area contributed by atoms with Crippen LogP contribution in [-0.4, -0.2) is 43.7 Å². The molecule has 0 aliphatic carbocycles. The lowest BCUT2D eigenvalue weighted by atomic mass is 9.94. The lowest BCUT2D eigenvalue weighted by Crippen LogP contribution is -2.35. The van der Waals surface area contributed by atoms with Crippen LogP contribution < -0.4 is 10.6 Å². The predicted octanol–water partition coefficient (Wildman–Crippen LogP) is 1.90. The van der Waals surface area contributed by atoms with Crippen LogP contribution in [0.3, 0.4) is 0 Å². The molecule has 0 radical (unpaired) electrons. The highest BCUT2D eigenvalue weighted by atomic mass is 16.2. The summed E-state index contributed by atoms with van der Waals surface area (Å²) >= 11 is 0. The maximum absolute atomic E-state index is 12.6. The summed E-state index contributed by atoms with van der Waals surface area (Å²) in [6.45, 7) is 5.20. The van der Waals surface area contributed by atoms with Crippen LogP contribution in [0.25, 0.3) is 11.0 Å². The molecule has 0 bridgehead atoms. The average molecular weight is 394 g/mol. The SMILES string of the molecule is CC(C)NC(=O)c1cnn2c1CC(CNC(=O)c1ccc3c(c1)ncn3C)CC2. The van der Waals surface area contributed by atoms with E-state index < -0.39 is 0 Å². The second kappa shape index (κ2) is 7.69. The van der Waals surface area contributed by atoms with E-state index in [1.165, 1.54) is 0 Å². The van der Waals surface area contributed by atoms with Gasteiger partial charge in [0.05, 0.1) is 34.8 Å². The fraction of sp³-hybridized carbons (Fsp3) is 0.429. The maximum Gasteiger partial charge on any atom is 0.254 e. The fourth-order valence-corrected chi connectivity index (χ4v) is 3.82. The number of benzene rings is 1. The van der Waals surface area contributed by atoms with Gasteiger partial charge in [0.1, 0.15) is 0 Å². The van der Waals surface area contributed by atoms with Gasteiger partial charge in [-0.25, -0.2) is 4.98 Å². The van der Waals surface area contributed by atoms with E-state index in [4.69, 9.17) is 0 Å².